The topological polar surface area (TPSA) is 99.4 Å². The van der Waals surface area contributed by atoms with Crippen molar-refractivity contribution in [3.63, 3.8) is 0 Å². The van der Waals surface area contributed by atoms with E-state index in [2.05, 4.69) is 50.7 Å². The van der Waals surface area contributed by atoms with E-state index < -0.39 is 0 Å². The second-order valence-electron chi connectivity index (χ2n) is 11.6. The fraction of sp³-hybridized carbons (Fsp3) is 0.515. The van der Waals surface area contributed by atoms with Crippen molar-refractivity contribution >= 4 is 34.8 Å². The Balaban J connectivity index is 1.36. The third-order valence-electron chi connectivity index (χ3n) is 8.40. The molecule has 2 aromatic carbocycles. The van der Waals surface area contributed by atoms with Gasteiger partial charge in [-0.2, -0.15) is 0 Å². The zero-order valence-electron chi connectivity index (χ0n) is 26.1. The Labute approximate surface area is 255 Å². The van der Waals surface area contributed by atoms with Crippen LogP contribution in [0.5, 0.6) is 11.5 Å². The Hall–Kier alpha value is -3.60. The Bertz CT molecular complexity index is 1380. The third-order valence-corrected chi connectivity index (χ3v) is 8.40. The predicted molar refractivity (Wildman–Crippen MR) is 173 cm³/mol. The second kappa shape index (κ2) is 14.2. The fourth-order valence-electron chi connectivity index (χ4n) is 6.35. The number of aliphatic imine (C=N–C) groups is 1. The van der Waals surface area contributed by atoms with E-state index in [9.17, 15) is 0 Å². The largest absolute Gasteiger partial charge is 0.497 e. The number of ether oxygens (including phenoxy) is 3. The molecule has 2 aliphatic rings. The highest BCUT2D eigenvalue weighted by molar-refractivity contribution is 5.89. The van der Waals surface area contributed by atoms with Crippen LogP contribution in [0, 0.1) is 5.41 Å². The van der Waals surface area contributed by atoms with Crippen molar-refractivity contribution in [3.8, 4) is 11.5 Å². The average Bonchev–Trinajstić information content (AvgIpc) is 3.50. The maximum Gasteiger partial charge on any atom is 0.124 e. The molecule has 0 amide bonds. The minimum atomic E-state index is -0.308. The van der Waals surface area contributed by atoms with Gasteiger partial charge in [-0.15, -0.1) is 0 Å². The summed E-state index contributed by atoms with van der Waals surface area (Å²) in [6, 6.07) is 12.8. The van der Waals surface area contributed by atoms with Crippen LogP contribution in [0.4, 0.5) is 11.4 Å². The number of nitrogens with zero attached hydrogens (tertiary/aromatic N) is 6. The van der Waals surface area contributed by atoms with Gasteiger partial charge in [0.2, 0.25) is 0 Å². The van der Waals surface area contributed by atoms with Crippen LogP contribution in [0.1, 0.15) is 38.3 Å². The number of anilines is 2. The smallest absolute Gasteiger partial charge is 0.124 e. The normalized spacial score (nSPS) is 22.2. The molecule has 10 nitrogen and oxygen atoms in total. The Morgan fingerprint density at radius 3 is 2.47 bits per heavy atom. The van der Waals surface area contributed by atoms with Crippen molar-refractivity contribution in [2.75, 3.05) is 65.4 Å². The summed E-state index contributed by atoms with van der Waals surface area (Å²) >= 11 is 0. The van der Waals surface area contributed by atoms with Crippen LogP contribution < -0.4 is 14.4 Å². The monoisotopic (exact) mass is 587 g/mol. The molecular formula is C33H45N7O3. The molecule has 10 heteroatoms. The maximum atomic E-state index is 7.82. The number of morpholine rings is 1. The summed E-state index contributed by atoms with van der Waals surface area (Å²) < 4.78 is 17.2. The predicted octanol–water partition coefficient (Wildman–Crippen LogP) is 4.79. The number of hydrogen-bond acceptors (Lipinski definition) is 10. The molecule has 2 aliphatic heterocycles. The van der Waals surface area contributed by atoms with Crippen LogP contribution in [0.2, 0.25) is 0 Å². The van der Waals surface area contributed by atoms with Gasteiger partial charge in [0.25, 0.3) is 0 Å². The van der Waals surface area contributed by atoms with Gasteiger partial charge in [0.1, 0.15) is 11.5 Å². The summed E-state index contributed by atoms with van der Waals surface area (Å²) in [7, 11) is 5.06. The average molecular weight is 588 g/mol. The van der Waals surface area contributed by atoms with Gasteiger partial charge >= 0.3 is 0 Å². The highest BCUT2D eigenvalue weighted by Crippen LogP contribution is 2.34. The molecule has 5 rings (SSSR count). The lowest BCUT2D eigenvalue weighted by Gasteiger charge is -2.39. The fourth-order valence-corrected chi connectivity index (χ4v) is 6.35. The number of benzene rings is 2. The van der Waals surface area contributed by atoms with E-state index in [0.717, 1.165) is 79.6 Å². The SMILES string of the molecule is CN=CC(C=N)c1cnc2ccc(N(CCCN3CCC(N4CC(C)OC(C)C4)C3)c3cc(OC)cc(OC)c3)cc2n1. The summed E-state index contributed by atoms with van der Waals surface area (Å²) in [4.78, 5) is 21.1. The maximum absolute atomic E-state index is 7.82. The summed E-state index contributed by atoms with van der Waals surface area (Å²) in [5.41, 5.74) is 4.30. The van der Waals surface area contributed by atoms with Crippen LogP contribution in [0.3, 0.4) is 0 Å². The second-order valence-corrected chi connectivity index (χ2v) is 11.6. The molecular weight excluding hydrogens is 542 g/mol. The third kappa shape index (κ3) is 7.49. The molecule has 2 saturated heterocycles. The van der Waals surface area contributed by atoms with Crippen LogP contribution in [0.25, 0.3) is 11.0 Å². The van der Waals surface area contributed by atoms with E-state index in [0.29, 0.717) is 23.9 Å². The van der Waals surface area contributed by atoms with Crippen LogP contribution >= 0.6 is 0 Å². The summed E-state index contributed by atoms with van der Waals surface area (Å²) in [6.45, 7) is 10.5. The van der Waals surface area contributed by atoms with Crippen molar-refractivity contribution in [1.82, 2.24) is 19.8 Å². The molecule has 0 radical (unpaired) electrons. The molecule has 1 N–H and O–H groups in total. The molecule has 1 aromatic heterocycles. The summed E-state index contributed by atoms with van der Waals surface area (Å²) in [6.07, 6.45) is 7.58. The van der Waals surface area contributed by atoms with E-state index in [-0.39, 0.29) is 5.92 Å². The van der Waals surface area contributed by atoms with Gasteiger partial charge in [0.15, 0.2) is 0 Å². The molecule has 0 spiro atoms. The molecule has 3 heterocycles. The minimum Gasteiger partial charge on any atom is -0.497 e. The van der Waals surface area contributed by atoms with Gasteiger partial charge in [0, 0.05) is 81.3 Å². The van der Waals surface area contributed by atoms with Crippen LogP contribution in [-0.2, 0) is 4.74 Å². The number of nitrogens with one attached hydrogen (secondary N) is 1. The molecule has 3 aromatic rings. The van der Waals surface area contributed by atoms with E-state index in [1.165, 1.54) is 12.6 Å². The van der Waals surface area contributed by atoms with Gasteiger partial charge in [-0.3, -0.25) is 14.9 Å². The minimum absolute atomic E-state index is 0.296. The zero-order valence-corrected chi connectivity index (χ0v) is 26.1. The number of fused-ring (bicyclic) bond motifs is 1. The van der Waals surface area contributed by atoms with E-state index in [1.807, 2.05) is 24.3 Å². The van der Waals surface area contributed by atoms with Crippen LogP contribution in [0.15, 0.2) is 47.6 Å². The first-order valence-corrected chi connectivity index (χ1v) is 15.2. The van der Waals surface area contributed by atoms with Gasteiger partial charge in [-0.05, 0) is 58.0 Å². The standard InChI is InChI=1S/C33H45N7O3/c1-23-20-39(21-24(2)43-23)27-9-12-38(22-27)10-6-11-40(28-13-29(41-4)16-30(14-28)42-5)26-7-8-31-32(15-26)37-33(19-36-31)25(17-34)18-35-3/h7-8,13-19,23-25,27,34H,6,9-12,20-22H2,1-5H3. The van der Waals surface area contributed by atoms with E-state index in [4.69, 9.17) is 24.6 Å². The first-order chi connectivity index (χ1) is 20.9. The lowest BCUT2D eigenvalue weighted by Crippen LogP contribution is -2.50. The first kappa shape index (κ1) is 30.8. The molecule has 4 atom stereocenters. The number of aromatic nitrogens is 2. The molecule has 2 fully saturated rings. The number of rotatable bonds is 12. The van der Waals surface area contributed by atoms with Gasteiger partial charge in [-0.1, -0.05) is 0 Å². The Morgan fingerprint density at radius 2 is 1.79 bits per heavy atom. The molecule has 4 unspecified atom stereocenters. The highest BCUT2D eigenvalue weighted by atomic mass is 16.5. The quantitative estimate of drug-likeness (QED) is 0.302. The molecule has 0 aliphatic carbocycles. The zero-order chi connectivity index (χ0) is 30.3. The molecule has 0 saturated carbocycles. The van der Waals surface area contributed by atoms with E-state index >= 15 is 0 Å². The van der Waals surface area contributed by atoms with Gasteiger partial charge in [0.05, 0.1) is 55.3 Å². The van der Waals surface area contributed by atoms with Gasteiger partial charge in [-0.25, -0.2) is 4.98 Å². The van der Waals surface area contributed by atoms with E-state index in [1.54, 1.807) is 33.7 Å². The Kier molecular flexibility index (Phi) is 10.2. The lowest BCUT2D eigenvalue weighted by molar-refractivity contribution is -0.0790. The molecule has 230 valence electrons. The molecule has 43 heavy (non-hydrogen) atoms. The number of methoxy groups -OCH3 is 2. The van der Waals surface area contributed by atoms with Crippen molar-refractivity contribution in [3.05, 3.63) is 48.3 Å². The van der Waals surface area contributed by atoms with Crippen LogP contribution in [-0.4, -0.2) is 111 Å². The highest BCUT2D eigenvalue weighted by Gasteiger charge is 2.32. The van der Waals surface area contributed by atoms with Gasteiger partial charge < -0.3 is 29.4 Å². The lowest BCUT2D eigenvalue weighted by atomic mass is 10.1. The van der Waals surface area contributed by atoms with Crippen molar-refractivity contribution < 1.29 is 14.2 Å². The van der Waals surface area contributed by atoms with Crippen molar-refractivity contribution in [1.29, 1.82) is 5.41 Å². The molecule has 0 bridgehead atoms. The number of likely N-dealkylation sites (tertiary alicyclic amines) is 1. The first-order valence-electron chi connectivity index (χ1n) is 15.2. The van der Waals surface area contributed by atoms with Crippen molar-refractivity contribution in [2.24, 2.45) is 4.99 Å². The van der Waals surface area contributed by atoms with Crippen molar-refractivity contribution in [2.45, 2.75) is 50.9 Å². The summed E-state index contributed by atoms with van der Waals surface area (Å²) in [5.74, 6) is 1.18. The Morgan fingerprint density at radius 1 is 1.05 bits per heavy atom. The summed E-state index contributed by atoms with van der Waals surface area (Å²) in [5, 5.41) is 7.82. The number of hydrogen-bond donors (Lipinski definition) is 1.